The third kappa shape index (κ3) is 5.58. The summed E-state index contributed by atoms with van der Waals surface area (Å²) in [7, 11) is 0.704. The number of anilines is 5. The molecule has 1 aliphatic carbocycles. The molecule has 0 spiro atoms. The van der Waals surface area contributed by atoms with E-state index in [9.17, 15) is 0 Å². The highest BCUT2D eigenvalue weighted by atomic mass is 16.3. The first-order valence-electron chi connectivity index (χ1n) is 21.1. The molecule has 0 fully saturated rings. The van der Waals surface area contributed by atoms with Gasteiger partial charge < -0.3 is 19.2 Å². The number of nitrogens with zero attached hydrogens (tertiary/aromatic N) is 2. The third-order valence-corrected chi connectivity index (χ3v) is 13.4. The van der Waals surface area contributed by atoms with Gasteiger partial charge >= 0.3 is 0 Å². The maximum absolute atomic E-state index is 7.09. The van der Waals surface area contributed by atoms with Crippen molar-refractivity contribution in [2.75, 3.05) is 10.2 Å². The van der Waals surface area contributed by atoms with Crippen LogP contribution in [0.3, 0.4) is 0 Å². The SMILES string of the molecule is Cc1ccc(Nc2cc(N(c3ccccc3)c3ccccc3)ccc2-c2cc(C)c3c4ccccc4n4c3c2Bc2oc3cc5c(cc3c2-4)C(C)(C)CCC5(C)C)cc1. The Morgan fingerprint density at radius 1 is 0.627 bits per heavy atom. The van der Waals surface area contributed by atoms with Gasteiger partial charge in [0.15, 0.2) is 0 Å². The average molecular weight is 766 g/mol. The van der Waals surface area contributed by atoms with Crippen LogP contribution in [-0.2, 0) is 10.8 Å². The summed E-state index contributed by atoms with van der Waals surface area (Å²) in [4.78, 5) is 2.34. The normalized spacial score (nSPS) is 14.9. The van der Waals surface area contributed by atoms with Gasteiger partial charge in [0.1, 0.15) is 5.58 Å². The van der Waals surface area contributed by atoms with E-state index in [0.29, 0.717) is 7.28 Å². The molecule has 1 N–H and O–H groups in total. The first-order chi connectivity index (χ1) is 28.6. The van der Waals surface area contributed by atoms with Crippen molar-refractivity contribution in [1.29, 1.82) is 0 Å². The third-order valence-electron chi connectivity index (χ3n) is 13.4. The zero-order chi connectivity index (χ0) is 40.2. The summed E-state index contributed by atoms with van der Waals surface area (Å²) in [5.41, 5.74) is 20.4. The number of benzene rings is 7. The quantitative estimate of drug-likeness (QED) is 0.171. The lowest BCUT2D eigenvalue weighted by molar-refractivity contribution is 0.332. The van der Waals surface area contributed by atoms with Crippen LogP contribution in [0, 0.1) is 13.8 Å². The molecule has 59 heavy (non-hydrogen) atoms. The van der Waals surface area contributed by atoms with Gasteiger partial charge in [-0.1, -0.05) is 112 Å². The largest absolute Gasteiger partial charge is 0.469 e. The van der Waals surface area contributed by atoms with Crippen molar-refractivity contribution in [3.05, 3.63) is 168 Å². The van der Waals surface area contributed by atoms with E-state index in [1.54, 1.807) is 0 Å². The highest BCUT2D eigenvalue weighted by Gasteiger charge is 2.39. The second-order valence-electron chi connectivity index (χ2n) is 18.2. The van der Waals surface area contributed by atoms with E-state index in [1.807, 2.05) is 0 Å². The first kappa shape index (κ1) is 35.7. The molecule has 0 saturated carbocycles. The number of aryl methyl sites for hydroxylation is 2. The average Bonchev–Trinajstić information content (AvgIpc) is 3.78. The number of hydrogen-bond acceptors (Lipinski definition) is 3. The van der Waals surface area contributed by atoms with Crippen molar-refractivity contribution < 1.29 is 4.42 Å². The van der Waals surface area contributed by atoms with Crippen LogP contribution in [0.25, 0.3) is 49.6 Å². The van der Waals surface area contributed by atoms with Gasteiger partial charge in [0.05, 0.1) is 16.9 Å². The fourth-order valence-corrected chi connectivity index (χ4v) is 10.2. The second-order valence-corrected chi connectivity index (χ2v) is 18.2. The van der Waals surface area contributed by atoms with Crippen LogP contribution in [0.1, 0.15) is 62.8 Å². The predicted octanol–water partition coefficient (Wildman–Crippen LogP) is 13.1. The topological polar surface area (TPSA) is 33.3 Å². The Bertz CT molecular complexity index is 3080. The fraction of sp³-hybridized carbons (Fsp3) is 0.185. The molecule has 5 heteroatoms. The number of para-hydroxylation sites is 3. The number of furan rings is 1. The summed E-state index contributed by atoms with van der Waals surface area (Å²) in [6.45, 7) is 14.1. The molecule has 7 aromatic carbocycles. The minimum atomic E-state index is 0.0939. The van der Waals surface area contributed by atoms with Crippen LogP contribution < -0.4 is 21.3 Å². The Morgan fingerprint density at radius 2 is 1.27 bits per heavy atom. The van der Waals surface area contributed by atoms with E-state index in [0.717, 1.165) is 45.2 Å². The van der Waals surface area contributed by atoms with Crippen molar-refractivity contribution in [3.63, 3.8) is 0 Å². The fourth-order valence-electron chi connectivity index (χ4n) is 10.2. The summed E-state index contributed by atoms with van der Waals surface area (Å²) < 4.78 is 9.63. The molecule has 1 aliphatic heterocycles. The smallest absolute Gasteiger partial charge is 0.244 e. The lowest BCUT2D eigenvalue weighted by atomic mass is 9.61. The summed E-state index contributed by atoms with van der Waals surface area (Å²) in [6, 6.07) is 53.2. The van der Waals surface area contributed by atoms with Gasteiger partial charge in [-0.25, -0.2) is 0 Å². The molecule has 3 heterocycles. The van der Waals surface area contributed by atoms with E-state index in [4.69, 9.17) is 4.42 Å². The molecule has 0 saturated heterocycles. The van der Waals surface area contributed by atoms with Gasteiger partial charge in [-0.3, -0.25) is 0 Å². The van der Waals surface area contributed by atoms with Crippen molar-refractivity contribution in [3.8, 4) is 16.8 Å². The number of rotatable bonds is 6. The Kier molecular flexibility index (Phi) is 7.88. The van der Waals surface area contributed by atoms with Gasteiger partial charge in [-0.15, -0.1) is 0 Å². The van der Waals surface area contributed by atoms with Crippen LogP contribution in [-0.4, -0.2) is 11.8 Å². The van der Waals surface area contributed by atoms with Gasteiger partial charge in [0, 0.05) is 55.7 Å². The number of nitrogens with one attached hydrogen (secondary N) is 1. The molecule has 0 radical (unpaired) electrons. The Morgan fingerprint density at radius 3 is 1.97 bits per heavy atom. The molecule has 0 bridgehead atoms. The Labute approximate surface area is 347 Å². The molecule has 288 valence electrons. The Hall–Kier alpha value is -6.46. The highest BCUT2D eigenvalue weighted by Crippen LogP contribution is 2.49. The summed E-state index contributed by atoms with van der Waals surface area (Å²) in [6.07, 6.45) is 2.34. The van der Waals surface area contributed by atoms with Gasteiger partial charge in [-0.2, -0.15) is 0 Å². The minimum absolute atomic E-state index is 0.0939. The van der Waals surface area contributed by atoms with Gasteiger partial charge in [-0.05, 0) is 132 Å². The Balaban J connectivity index is 1.17. The molecule has 2 aromatic heterocycles. The lowest BCUT2D eigenvalue weighted by Gasteiger charge is -2.41. The van der Waals surface area contributed by atoms with E-state index in [1.165, 1.54) is 79.0 Å². The number of fused-ring (bicyclic) bond motifs is 8. The zero-order valence-electron chi connectivity index (χ0n) is 34.8. The summed E-state index contributed by atoms with van der Waals surface area (Å²) >= 11 is 0. The molecule has 0 atom stereocenters. The van der Waals surface area contributed by atoms with E-state index >= 15 is 0 Å². The molecule has 9 aromatic rings. The molecule has 0 amide bonds. The molecule has 0 unspecified atom stereocenters. The number of hydrogen-bond donors (Lipinski definition) is 1. The lowest BCUT2D eigenvalue weighted by Crippen LogP contribution is -2.36. The van der Waals surface area contributed by atoms with E-state index < -0.39 is 0 Å². The second kappa shape index (κ2) is 13.0. The number of aromatic nitrogens is 1. The van der Waals surface area contributed by atoms with Crippen LogP contribution in [0.5, 0.6) is 0 Å². The zero-order valence-corrected chi connectivity index (χ0v) is 34.8. The minimum Gasteiger partial charge on any atom is -0.469 e. The van der Waals surface area contributed by atoms with Crippen molar-refractivity contribution in [2.24, 2.45) is 0 Å². The van der Waals surface area contributed by atoms with Crippen LogP contribution in [0.2, 0.25) is 0 Å². The maximum Gasteiger partial charge on any atom is 0.244 e. The van der Waals surface area contributed by atoms with Crippen LogP contribution in [0.15, 0.2) is 150 Å². The summed E-state index contributed by atoms with van der Waals surface area (Å²) in [5, 5.41) is 7.72. The van der Waals surface area contributed by atoms with Crippen molar-refractivity contribution in [2.45, 2.75) is 65.2 Å². The van der Waals surface area contributed by atoms with Gasteiger partial charge in [0.2, 0.25) is 7.28 Å². The monoisotopic (exact) mass is 765 g/mol. The van der Waals surface area contributed by atoms with E-state index in [-0.39, 0.29) is 10.8 Å². The van der Waals surface area contributed by atoms with Crippen LogP contribution in [0.4, 0.5) is 28.4 Å². The standard InChI is InChI=1S/C54H48BN3O/c1-33-21-23-35(24-22-33)56-45-30-38(57(36-15-9-7-10-16-36)37-17-11-8-12-18-37)25-26-39(45)41-29-34(2)48-40-19-13-14-20-46(40)58-50-42-31-43-44(54(5,6)28-27-53(43,3)4)32-47(42)59-52(50)55-49(41)51(48)58/h7-26,29-32,55-56H,27-28H2,1-6H3. The molecular formula is C54H48BN3O. The predicted molar refractivity (Wildman–Crippen MR) is 252 cm³/mol. The maximum atomic E-state index is 7.09. The molecule has 11 rings (SSSR count). The first-order valence-corrected chi connectivity index (χ1v) is 21.1. The molecule has 2 aliphatic rings. The van der Waals surface area contributed by atoms with Crippen LogP contribution >= 0.6 is 0 Å². The van der Waals surface area contributed by atoms with Gasteiger partial charge in [0.25, 0.3) is 0 Å². The molecule has 4 nitrogen and oxygen atoms in total. The van der Waals surface area contributed by atoms with Crippen molar-refractivity contribution >= 4 is 79.6 Å². The van der Waals surface area contributed by atoms with E-state index in [2.05, 4.69) is 202 Å². The highest BCUT2D eigenvalue weighted by molar-refractivity contribution is 6.73. The van der Waals surface area contributed by atoms with Crippen molar-refractivity contribution in [1.82, 2.24) is 4.57 Å². The molecular weight excluding hydrogens is 717 g/mol. The summed E-state index contributed by atoms with van der Waals surface area (Å²) in [5.74, 6) is 0.